The van der Waals surface area contributed by atoms with Crippen LogP contribution in [0.1, 0.15) is 0 Å². The van der Waals surface area contributed by atoms with Gasteiger partial charge in [-0.2, -0.15) is 0 Å². The zero-order valence-corrected chi connectivity index (χ0v) is 6.85. The van der Waals surface area contributed by atoms with Gasteiger partial charge in [-0.15, -0.1) is 0 Å². The van der Waals surface area contributed by atoms with E-state index >= 15 is 0 Å². The van der Waals surface area contributed by atoms with Crippen molar-refractivity contribution in [1.82, 2.24) is 0 Å². The Bertz CT molecular complexity index is 156. The molecule has 0 amide bonds. The van der Waals surface area contributed by atoms with Gasteiger partial charge in [0.15, 0.2) is 0 Å². The van der Waals surface area contributed by atoms with Crippen LogP contribution in [0, 0.1) is 15.3 Å². The van der Waals surface area contributed by atoms with Crippen molar-refractivity contribution in [3.8, 4) is 0 Å². The molecule has 0 saturated carbocycles. The van der Waals surface area contributed by atoms with Gasteiger partial charge in [-0.1, -0.05) is 0 Å². The van der Waals surface area contributed by atoms with E-state index in [2.05, 4.69) is 0 Å². The third-order valence-electron chi connectivity index (χ3n) is 0. The van der Waals surface area contributed by atoms with E-state index in [0.717, 1.165) is 0 Å². The van der Waals surface area contributed by atoms with E-state index in [0.29, 0.717) is 0 Å². The molecule has 0 rings (SSSR count). The van der Waals surface area contributed by atoms with Gasteiger partial charge in [0, 0.05) is 0 Å². The maximum atomic E-state index is 8.82. The molecule has 0 heterocycles. The second-order valence-corrected chi connectivity index (χ2v) is 2.07. The molecule has 0 radical (unpaired) electrons. The Morgan fingerprint density at radius 2 is 1.20 bits per heavy atom. The van der Waals surface area contributed by atoms with Crippen LogP contribution in [0.15, 0.2) is 0 Å². The van der Waals surface area contributed by atoms with Crippen LogP contribution in [0.25, 0.3) is 0 Å². The fourth-order valence-electron chi connectivity index (χ4n) is 0. The van der Waals surface area contributed by atoms with Crippen molar-refractivity contribution in [1.29, 1.82) is 0 Å². The molecule has 0 aromatic rings. The summed E-state index contributed by atoms with van der Waals surface area (Å²) in [7, 11) is 0. The predicted octanol–water partition coefficient (Wildman–Crippen LogP) is -1.60. The Labute approximate surface area is 72.5 Å². The molecule has 0 aromatic carbocycles. The van der Waals surface area contributed by atoms with Crippen molar-refractivity contribution in [2.75, 3.05) is 0 Å². The van der Waals surface area contributed by atoms with E-state index in [-0.39, 0.29) is 22.4 Å². The minimum absolute atomic E-state index is 0. The van der Waals surface area contributed by atoms with Crippen LogP contribution >= 0.6 is 0 Å². The topological polar surface area (TPSA) is 141 Å². The van der Waals surface area contributed by atoms with Crippen molar-refractivity contribution in [2.24, 2.45) is 0 Å². The maximum absolute atomic E-state index is 8.82. The fraction of sp³-hybridized carbons (Fsp3) is 0. The molecule has 66 valence electrons. The van der Waals surface area contributed by atoms with Crippen LogP contribution in [0.3, 0.4) is 0 Å². The van der Waals surface area contributed by atoms with Crippen LogP contribution in [-0.4, -0.2) is 13.4 Å². The monoisotopic (exact) mass is 287 g/mol. The Hall–Kier alpha value is -0.00727. The molecule has 0 fully saturated rings. The molecule has 0 aliphatic heterocycles. The van der Waals surface area contributed by atoms with E-state index in [1.807, 2.05) is 0 Å². The van der Waals surface area contributed by atoms with Gasteiger partial charge in [-0.05, 0) is 0 Å². The molecule has 10 heteroatoms. The van der Waals surface area contributed by atoms with Crippen LogP contribution in [0.4, 0.5) is 0 Å². The predicted molar refractivity (Wildman–Crippen MR) is 16.2 cm³/mol. The summed E-state index contributed by atoms with van der Waals surface area (Å²) in [6.07, 6.45) is 0. The van der Waals surface area contributed by atoms with Gasteiger partial charge in [0.05, 0.1) is 5.09 Å². The first-order valence-electron chi connectivity index (χ1n) is 1.25. The normalized spacial score (nSPS) is 8.20. The second kappa shape index (κ2) is 7.10. The average molecular weight is 288 g/mol. The van der Waals surface area contributed by atoms with Crippen molar-refractivity contribution in [3.05, 3.63) is 15.3 Å². The first-order chi connectivity index (χ1) is 3.73. The molecule has 8 nitrogen and oxygen atoms in total. The third kappa shape index (κ3) is 7390000. The number of hydrogen-bond donors (Lipinski definition) is 2. The average Bonchev–Trinajstić information content (AvgIpc) is 1.19. The van der Waals surface area contributed by atoms with Crippen LogP contribution in [-0.2, 0) is 43.6 Å². The molecule has 0 spiro atoms. The van der Waals surface area contributed by atoms with Crippen LogP contribution in [0.2, 0.25) is 0 Å². The summed E-state index contributed by atoms with van der Waals surface area (Å²) in [5, 5.41) is 14.8. The van der Waals surface area contributed by atoms with Gasteiger partial charge in [-0.25, -0.2) is 0 Å². The van der Waals surface area contributed by atoms with Crippen molar-refractivity contribution >= 4 is 0 Å². The summed E-state index contributed by atoms with van der Waals surface area (Å²) in [6, 6.07) is 0. The summed E-state index contributed by atoms with van der Waals surface area (Å²) >= 11 is -5.25. The van der Waals surface area contributed by atoms with Crippen LogP contribution < -0.4 is 0 Å². The van der Waals surface area contributed by atoms with Gasteiger partial charge < -0.3 is 15.3 Å². The standard InChI is InChI=1S/Ag.Cr.NO3.2H2O.2O/c;;2-1(3)4;;;;/h;;;2*1H2;;/q+1;+2;-1;;;;/p-2. The Morgan fingerprint density at radius 1 is 1.20 bits per heavy atom. The van der Waals surface area contributed by atoms with Gasteiger partial charge in [-0.3, -0.25) is 0 Å². The van der Waals surface area contributed by atoms with Crippen molar-refractivity contribution in [3.63, 3.8) is 0 Å². The van der Waals surface area contributed by atoms with E-state index in [1.165, 1.54) is 0 Å². The molecule has 2 N–H and O–H groups in total. The molecule has 0 aromatic heterocycles. The molecular formula is H2AgCrNO7. The molecule has 10 heavy (non-hydrogen) atoms. The fourth-order valence-corrected chi connectivity index (χ4v) is 0. The summed E-state index contributed by atoms with van der Waals surface area (Å²) in [5.41, 5.74) is 0. The zero-order valence-electron chi connectivity index (χ0n) is 4.09. The zero-order chi connectivity index (χ0) is 8.08. The number of rotatable bonds is 0. The molecule has 0 bridgehead atoms. The van der Waals surface area contributed by atoms with Gasteiger partial charge >= 0.3 is 51.9 Å². The Kier molecular flexibility index (Phi) is 11.7. The quantitative estimate of drug-likeness (QED) is 0.310. The first-order valence-corrected chi connectivity index (χ1v) is 3.43. The van der Waals surface area contributed by atoms with Crippen molar-refractivity contribution in [2.45, 2.75) is 0 Å². The van der Waals surface area contributed by atoms with Gasteiger partial charge in [0.2, 0.25) is 0 Å². The Morgan fingerprint density at radius 3 is 1.20 bits per heavy atom. The third-order valence-corrected chi connectivity index (χ3v) is 0. The molecule has 0 atom stereocenters. The summed E-state index contributed by atoms with van der Waals surface area (Å²) in [6.45, 7) is 0. The summed E-state index contributed by atoms with van der Waals surface area (Å²) < 4.78 is 31.9. The second-order valence-electron chi connectivity index (χ2n) is 0.671. The van der Waals surface area contributed by atoms with E-state index < -0.39 is 18.7 Å². The molecular weight excluding hydrogens is 286 g/mol. The number of nitrogens with zero attached hydrogens (tertiary/aromatic N) is 1. The Balaban J connectivity index is -0.0000000910. The SMILES string of the molecule is O=[N+]([O-])[O-].[Ag+].[O]=[Cr](=[O])([OH])[OH]. The minimum atomic E-state index is -5.25. The molecule has 0 unspecified atom stereocenters. The summed E-state index contributed by atoms with van der Waals surface area (Å²) in [4.78, 5) is 8.25. The summed E-state index contributed by atoms with van der Waals surface area (Å²) in [5.74, 6) is 0. The number of hydrogen-bond acceptors (Lipinski definition) is 5. The van der Waals surface area contributed by atoms with E-state index in [4.69, 9.17) is 31.2 Å². The van der Waals surface area contributed by atoms with Gasteiger partial charge in [0.1, 0.15) is 0 Å². The van der Waals surface area contributed by atoms with E-state index in [9.17, 15) is 0 Å². The van der Waals surface area contributed by atoms with Crippen LogP contribution in [0.5, 0.6) is 0 Å². The molecule has 0 aliphatic rings. The molecule has 0 aliphatic carbocycles. The first kappa shape index (κ1) is 16.5. The van der Waals surface area contributed by atoms with Gasteiger partial charge in [0.25, 0.3) is 0 Å². The molecule has 0 saturated heterocycles. The van der Waals surface area contributed by atoms with E-state index in [1.54, 1.807) is 0 Å². The van der Waals surface area contributed by atoms with Crippen molar-refractivity contribution < 1.29 is 57.0 Å².